The summed E-state index contributed by atoms with van der Waals surface area (Å²) in [4.78, 5) is 33.5. The van der Waals surface area contributed by atoms with E-state index >= 15 is 0 Å². The van der Waals surface area contributed by atoms with E-state index in [2.05, 4.69) is 25.2 Å². The van der Waals surface area contributed by atoms with Gasteiger partial charge in [0.2, 0.25) is 11.9 Å². The highest BCUT2D eigenvalue weighted by molar-refractivity contribution is 7.90. The smallest absolute Gasteiger partial charge is 0.407 e. The average molecular weight is 761 g/mol. The molecule has 0 aromatic heterocycles. The van der Waals surface area contributed by atoms with Crippen molar-refractivity contribution in [1.82, 2.24) is 20.3 Å². The Balaban J connectivity index is 1.34. The van der Waals surface area contributed by atoms with Crippen molar-refractivity contribution in [2.24, 2.45) is 10.7 Å². The van der Waals surface area contributed by atoms with Crippen LogP contribution in [-0.4, -0.2) is 73.7 Å². The number of guanidine groups is 1. The number of benzene rings is 3. The number of sulfonamides is 1. The molecule has 5 rings (SSSR count). The Bertz CT molecular complexity index is 1960. The fourth-order valence-corrected chi connectivity index (χ4v) is 9.00. The first-order chi connectivity index (χ1) is 25.3. The van der Waals surface area contributed by atoms with Crippen molar-refractivity contribution in [3.8, 4) is 5.75 Å². The molecule has 3 aromatic carbocycles. The van der Waals surface area contributed by atoms with E-state index in [1.807, 2.05) is 102 Å². The van der Waals surface area contributed by atoms with Crippen molar-refractivity contribution >= 4 is 28.0 Å². The molecule has 3 atom stereocenters. The van der Waals surface area contributed by atoms with Gasteiger partial charge >= 0.3 is 6.09 Å². The lowest BCUT2D eigenvalue weighted by atomic mass is 9.92. The third kappa shape index (κ3) is 9.92. The zero-order valence-corrected chi connectivity index (χ0v) is 33.6. The number of fused-ring (bicyclic) bond motifs is 1. The number of hydrogen-bond donors (Lipinski definition) is 4. The number of carbonyl (C=O) groups excluding carboxylic acids is 2. The normalized spacial score (nSPS) is 19.3. The zero-order chi connectivity index (χ0) is 39.4. The van der Waals surface area contributed by atoms with Crippen LogP contribution in [0.3, 0.4) is 0 Å². The first-order valence-corrected chi connectivity index (χ1v) is 20.1. The summed E-state index contributed by atoms with van der Waals surface area (Å²) in [6, 6.07) is 18.6. The monoisotopic (exact) mass is 760 g/mol. The lowest BCUT2D eigenvalue weighted by molar-refractivity contribution is -0.132. The van der Waals surface area contributed by atoms with E-state index in [9.17, 15) is 18.0 Å². The van der Waals surface area contributed by atoms with Crippen LogP contribution in [0.4, 0.5) is 4.79 Å². The van der Waals surface area contributed by atoms with Crippen LogP contribution in [0.15, 0.2) is 70.6 Å². The second-order valence-corrected chi connectivity index (χ2v) is 17.6. The number of piperazine rings is 1. The molecule has 1 saturated heterocycles. The molecule has 1 fully saturated rings. The van der Waals surface area contributed by atoms with E-state index in [4.69, 9.17) is 15.2 Å². The van der Waals surface area contributed by atoms with Crippen molar-refractivity contribution in [1.29, 1.82) is 0 Å². The van der Waals surface area contributed by atoms with Gasteiger partial charge in [-0.05, 0) is 102 Å². The number of nitrogens with two attached hydrogens (primary N) is 1. The topological polar surface area (TPSA) is 164 Å². The Labute approximate surface area is 320 Å². The van der Waals surface area contributed by atoms with Gasteiger partial charge in [-0.3, -0.25) is 14.7 Å². The molecule has 5 N–H and O–H groups in total. The van der Waals surface area contributed by atoms with Gasteiger partial charge in [0.05, 0.1) is 17.0 Å². The molecule has 54 heavy (non-hydrogen) atoms. The maximum atomic E-state index is 13.7. The van der Waals surface area contributed by atoms with Crippen LogP contribution >= 0.6 is 0 Å². The molecular formula is C41H56N6O6S. The number of ether oxygens (including phenoxy) is 2. The minimum absolute atomic E-state index is 0.124. The third-order valence-corrected chi connectivity index (χ3v) is 11.6. The van der Waals surface area contributed by atoms with Crippen LogP contribution < -0.4 is 25.8 Å². The lowest BCUT2D eigenvalue weighted by Crippen LogP contribution is -2.66. The van der Waals surface area contributed by atoms with E-state index in [0.717, 1.165) is 28.0 Å². The molecule has 12 nitrogen and oxygen atoms in total. The van der Waals surface area contributed by atoms with Gasteiger partial charge in [0.1, 0.15) is 17.0 Å². The molecule has 0 unspecified atom stereocenters. The van der Waals surface area contributed by atoms with Crippen LogP contribution in [0.2, 0.25) is 0 Å². The fourth-order valence-electron chi connectivity index (χ4n) is 7.48. The van der Waals surface area contributed by atoms with Gasteiger partial charge in [-0.1, -0.05) is 60.7 Å². The molecular weight excluding hydrogens is 705 g/mol. The minimum Gasteiger partial charge on any atom is -0.487 e. The van der Waals surface area contributed by atoms with E-state index < -0.39 is 39.4 Å². The van der Waals surface area contributed by atoms with Gasteiger partial charge in [-0.25, -0.2) is 17.9 Å². The zero-order valence-electron chi connectivity index (χ0n) is 32.8. The van der Waals surface area contributed by atoms with Gasteiger partial charge in [-0.2, -0.15) is 0 Å². The Morgan fingerprint density at radius 3 is 2.30 bits per heavy atom. The van der Waals surface area contributed by atoms with Crippen LogP contribution in [0.25, 0.3) is 0 Å². The maximum Gasteiger partial charge on any atom is 0.407 e. The predicted octanol–water partition coefficient (Wildman–Crippen LogP) is 5.20. The summed E-state index contributed by atoms with van der Waals surface area (Å²) < 4.78 is 41.7. The molecule has 0 bridgehead atoms. The average Bonchev–Trinajstić information content (AvgIpc) is 3.42. The Kier molecular flexibility index (Phi) is 12.3. The molecule has 13 heteroatoms. The van der Waals surface area contributed by atoms with Crippen LogP contribution in [-0.2, 0) is 38.9 Å². The molecule has 0 radical (unpaired) electrons. The predicted molar refractivity (Wildman–Crippen MR) is 211 cm³/mol. The summed E-state index contributed by atoms with van der Waals surface area (Å²) in [5.41, 5.74) is 10.1. The molecule has 0 saturated carbocycles. The first-order valence-electron chi connectivity index (χ1n) is 18.6. The number of aliphatic imine (C=N–C) groups is 1. The maximum absolute atomic E-state index is 13.7. The summed E-state index contributed by atoms with van der Waals surface area (Å²) in [5, 5.41) is 6.21. The van der Waals surface area contributed by atoms with E-state index in [1.165, 1.54) is 0 Å². The molecule has 2 aliphatic heterocycles. The fraction of sp³-hybridized carbons (Fsp3) is 0.488. The standard InChI is InChI=1S/C41H56N6O6S/c1-26-27(2)36(28(3)31-23-41(7,8)52-35(26)31)54(50,51)46-38(42)43-21-15-20-33-37(48)44-24-34(47(33)25-30-18-13-10-14-19-30)32(22-29-16-11-9-12-17-29)45-39(49)53-40(4,5)6/h9-14,16-19,32-34H,15,20-25H2,1-8H3,(H,44,48)(H,45,49)(H3,42,43,46)/t32-,33-,34+/m0/s1. The quantitative estimate of drug-likeness (QED) is 0.111. The van der Waals surface area contributed by atoms with E-state index in [1.54, 1.807) is 13.8 Å². The molecule has 2 aliphatic rings. The second-order valence-electron chi connectivity index (χ2n) is 16.0. The van der Waals surface area contributed by atoms with Crippen molar-refractivity contribution in [3.63, 3.8) is 0 Å². The SMILES string of the molecule is Cc1c(C)c(S(=O)(=O)NC(N)=NCCC[C@H]2C(=O)NC[C@H]([C@H](Cc3ccccc3)NC(=O)OC(C)(C)C)N2Cc2ccccc2)c(C)c2c1OC(C)(C)C2. The number of nitrogens with one attached hydrogen (secondary N) is 3. The molecule has 0 aliphatic carbocycles. The van der Waals surface area contributed by atoms with E-state index in [-0.39, 0.29) is 29.3 Å². The second kappa shape index (κ2) is 16.4. The van der Waals surface area contributed by atoms with Crippen LogP contribution in [0, 0.1) is 20.8 Å². The number of nitrogens with zero attached hydrogens (tertiary/aromatic N) is 2. The minimum atomic E-state index is -4.05. The molecule has 3 aromatic rings. The Hall–Kier alpha value is -4.62. The van der Waals surface area contributed by atoms with Gasteiger partial charge in [0.15, 0.2) is 0 Å². The number of alkyl carbamates (subject to hydrolysis) is 1. The highest BCUT2D eigenvalue weighted by Crippen LogP contribution is 2.43. The largest absolute Gasteiger partial charge is 0.487 e. The first kappa shape index (κ1) is 40.6. The number of amides is 2. The van der Waals surface area contributed by atoms with Gasteiger partial charge in [0, 0.05) is 37.7 Å². The highest BCUT2D eigenvalue weighted by atomic mass is 32.2. The summed E-state index contributed by atoms with van der Waals surface area (Å²) in [6.45, 7) is 15.9. The summed E-state index contributed by atoms with van der Waals surface area (Å²) >= 11 is 0. The van der Waals surface area contributed by atoms with Crippen molar-refractivity contribution in [3.05, 3.63) is 94.0 Å². The van der Waals surface area contributed by atoms with Gasteiger partial charge in [-0.15, -0.1) is 0 Å². The summed E-state index contributed by atoms with van der Waals surface area (Å²) in [6.07, 6.45) is 1.46. The number of rotatable bonds is 12. The number of carbonyl (C=O) groups is 2. The van der Waals surface area contributed by atoms with Gasteiger partial charge < -0.3 is 25.8 Å². The van der Waals surface area contributed by atoms with Crippen molar-refractivity contribution in [2.45, 2.75) is 122 Å². The Morgan fingerprint density at radius 2 is 1.67 bits per heavy atom. The van der Waals surface area contributed by atoms with E-state index in [0.29, 0.717) is 49.9 Å². The third-order valence-electron chi connectivity index (χ3n) is 10.0. The highest BCUT2D eigenvalue weighted by Gasteiger charge is 2.41. The van der Waals surface area contributed by atoms with Crippen LogP contribution in [0.1, 0.15) is 80.8 Å². The molecule has 292 valence electrons. The van der Waals surface area contributed by atoms with Crippen LogP contribution in [0.5, 0.6) is 5.75 Å². The molecule has 2 amide bonds. The molecule has 2 heterocycles. The summed E-state index contributed by atoms with van der Waals surface area (Å²) in [5.74, 6) is 0.402. The van der Waals surface area contributed by atoms with Crippen molar-refractivity contribution < 1.29 is 27.5 Å². The lowest BCUT2D eigenvalue weighted by Gasteiger charge is -2.45. The molecule has 0 spiro atoms. The summed E-state index contributed by atoms with van der Waals surface area (Å²) in [7, 11) is -4.05. The number of hydrogen-bond acceptors (Lipinski definition) is 8. The van der Waals surface area contributed by atoms with Gasteiger partial charge in [0.25, 0.3) is 10.0 Å². The Morgan fingerprint density at radius 1 is 1.04 bits per heavy atom. The van der Waals surface area contributed by atoms with Crippen molar-refractivity contribution in [2.75, 3.05) is 13.1 Å².